The second kappa shape index (κ2) is 6.66. The van der Waals surface area contributed by atoms with E-state index in [1.807, 2.05) is 28.8 Å². The first kappa shape index (κ1) is 15.8. The lowest BCUT2D eigenvalue weighted by Gasteiger charge is -2.14. The monoisotopic (exact) mass is 337 g/mol. The number of anilines is 2. The normalized spacial score (nSPS) is 15.3. The molecule has 3 heterocycles. The third-order valence-electron chi connectivity index (χ3n) is 4.53. The molecule has 1 saturated carbocycles. The molecule has 7 heteroatoms. The summed E-state index contributed by atoms with van der Waals surface area (Å²) in [6.45, 7) is 4.95. The average Bonchev–Trinajstić information content (AvgIpc) is 3.40. The van der Waals surface area contributed by atoms with E-state index in [2.05, 4.69) is 39.7 Å². The summed E-state index contributed by atoms with van der Waals surface area (Å²) in [6.07, 6.45) is 5.18. The van der Waals surface area contributed by atoms with Crippen molar-refractivity contribution >= 4 is 17.2 Å². The van der Waals surface area contributed by atoms with Crippen LogP contribution in [0.2, 0.25) is 0 Å². The number of nitrogens with one attached hydrogen (secondary N) is 2. The fraction of sp³-hybridized carbons (Fsp3) is 0.444. The smallest absolute Gasteiger partial charge is 0.201 e. The molecular formula is C18H23N7. The Bertz CT molecular complexity index is 854. The molecule has 0 amide bonds. The Kier molecular flexibility index (Phi) is 4.21. The molecule has 0 aliphatic heterocycles. The molecule has 25 heavy (non-hydrogen) atoms. The first-order chi connectivity index (χ1) is 12.2. The van der Waals surface area contributed by atoms with Crippen LogP contribution in [0.3, 0.4) is 0 Å². The van der Waals surface area contributed by atoms with Crippen LogP contribution in [0.4, 0.5) is 11.5 Å². The maximum atomic E-state index is 4.72. The summed E-state index contributed by atoms with van der Waals surface area (Å²) in [7, 11) is 0. The van der Waals surface area contributed by atoms with Crippen molar-refractivity contribution in [2.45, 2.75) is 51.6 Å². The first-order valence-electron chi connectivity index (χ1n) is 8.91. The van der Waals surface area contributed by atoms with Gasteiger partial charge in [-0.15, -0.1) is 15.3 Å². The summed E-state index contributed by atoms with van der Waals surface area (Å²) in [5.41, 5.74) is 2.68. The van der Waals surface area contributed by atoms with E-state index in [1.54, 1.807) is 6.20 Å². The second-order valence-corrected chi connectivity index (χ2v) is 6.64. The van der Waals surface area contributed by atoms with Crippen LogP contribution in [0.1, 0.15) is 50.5 Å². The molecule has 130 valence electrons. The Hall–Kier alpha value is -2.70. The highest BCUT2D eigenvalue weighted by atomic mass is 15.4. The zero-order valence-electron chi connectivity index (χ0n) is 14.6. The molecule has 0 aromatic carbocycles. The molecular weight excluding hydrogens is 314 g/mol. The van der Waals surface area contributed by atoms with Gasteiger partial charge in [0.2, 0.25) is 5.65 Å². The van der Waals surface area contributed by atoms with Crippen LogP contribution < -0.4 is 10.6 Å². The maximum absolute atomic E-state index is 4.72. The SMILES string of the molecule is CCC(C)Nc1cc(NCc2ccccn2)c2nnc(C3CC3)n2n1. The topological polar surface area (TPSA) is 80.0 Å². The predicted octanol–water partition coefficient (Wildman–Crippen LogP) is 3.22. The van der Waals surface area contributed by atoms with Gasteiger partial charge in [0.1, 0.15) is 5.82 Å². The molecule has 1 unspecified atom stereocenters. The predicted molar refractivity (Wildman–Crippen MR) is 97.7 cm³/mol. The molecule has 0 bridgehead atoms. The zero-order valence-corrected chi connectivity index (χ0v) is 14.6. The van der Waals surface area contributed by atoms with Crippen molar-refractivity contribution < 1.29 is 0 Å². The molecule has 3 aromatic heterocycles. The molecule has 4 rings (SSSR count). The van der Waals surface area contributed by atoms with Crippen LogP contribution >= 0.6 is 0 Å². The van der Waals surface area contributed by atoms with Gasteiger partial charge < -0.3 is 10.6 Å². The Labute approximate surface area is 146 Å². The molecule has 0 saturated heterocycles. The number of pyridine rings is 1. The van der Waals surface area contributed by atoms with Crippen molar-refractivity contribution in [2.75, 3.05) is 10.6 Å². The van der Waals surface area contributed by atoms with Gasteiger partial charge in [0.15, 0.2) is 5.82 Å². The molecule has 1 atom stereocenters. The lowest BCUT2D eigenvalue weighted by atomic mass is 10.2. The highest BCUT2D eigenvalue weighted by Gasteiger charge is 2.30. The van der Waals surface area contributed by atoms with Crippen LogP contribution in [-0.4, -0.2) is 30.8 Å². The van der Waals surface area contributed by atoms with Crippen LogP contribution in [-0.2, 0) is 6.54 Å². The van der Waals surface area contributed by atoms with E-state index in [1.165, 1.54) is 12.8 Å². The minimum atomic E-state index is 0.356. The van der Waals surface area contributed by atoms with Crippen molar-refractivity contribution in [2.24, 2.45) is 0 Å². The van der Waals surface area contributed by atoms with Crippen LogP contribution in [0, 0.1) is 0 Å². The molecule has 1 fully saturated rings. The van der Waals surface area contributed by atoms with E-state index in [9.17, 15) is 0 Å². The highest BCUT2D eigenvalue weighted by Crippen LogP contribution is 2.39. The fourth-order valence-corrected chi connectivity index (χ4v) is 2.74. The first-order valence-corrected chi connectivity index (χ1v) is 8.91. The standard InChI is InChI=1S/C18H23N7/c1-3-12(2)21-16-10-15(20-11-14-6-4-5-9-19-14)18-23-22-17(13-7-8-13)25(18)24-16/h4-6,9-10,12-13,20H,3,7-8,11H2,1-2H3,(H,21,24). The largest absolute Gasteiger partial charge is 0.376 e. The molecule has 7 nitrogen and oxygen atoms in total. The van der Waals surface area contributed by atoms with Crippen LogP contribution in [0.15, 0.2) is 30.5 Å². The van der Waals surface area contributed by atoms with Crippen molar-refractivity contribution in [3.63, 3.8) is 0 Å². The average molecular weight is 337 g/mol. The lowest BCUT2D eigenvalue weighted by molar-refractivity contribution is 0.744. The van der Waals surface area contributed by atoms with Crippen molar-refractivity contribution in [3.05, 3.63) is 42.0 Å². The van der Waals surface area contributed by atoms with E-state index in [0.717, 1.165) is 35.1 Å². The summed E-state index contributed by atoms with van der Waals surface area (Å²) < 4.78 is 1.89. The highest BCUT2D eigenvalue weighted by molar-refractivity contribution is 5.70. The summed E-state index contributed by atoms with van der Waals surface area (Å²) >= 11 is 0. The summed E-state index contributed by atoms with van der Waals surface area (Å²) in [6, 6.07) is 8.28. The number of hydrogen-bond acceptors (Lipinski definition) is 6. The van der Waals surface area contributed by atoms with Gasteiger partial charge in [-0.25, -0.2) is 0 Å². The van der Waals surface area contributed by atoms with Gasteiger partial charge in [0.05, 0.1) is 17.9 Å². The number of fused-ring (bicyclic) bond motifs is 1. The molecule has 1 aliphatic carbocycles. The quantitative estimate of drug-likeness (QED) is 0.689. The fourth-order valence-electron chi connectivity index (χ4n) is 2.74. The van der Waals surface area contributed by atoms with Gasteiger partial charge in [-0.3, -0.25) is 4.98 Å². The van der Waals surface area contributed by atoms with Crippen molar-refractivity contribution in [1.82, 2.24) is 24.8 Å². The Morgan fingerprint density at radius 2 is 2.16 bits per heavy atom. The third kappa shape index (κ3) is 3.40. The van der Waals surface area contributed by atoms with E-state index < -0.39 is 0 Å². The number of nitrogens with zero attached hydrogens (tertiary/aromatic N) is 5. The summed E-state index contributed by atoms with van der Waals surface area (Å²) in [4.78, 5) is 4.36. The molecule has 0 radical (unpaired) electrons. The minimum absolute atomic E-state index is 0.356. The van der Waals surface area contributed by atoms with Crippen molar-refractivity contribution in [3.8, 4) is 0 Å². The van der Waals surface area contributed by atoms with E-state index in [0.29, 0.717) is 18.5 Å². The number of rotatable bonds is 7. The van der Waals surface area contributed by atoms with Gasteiger partial charge in [0, 0.05) is 24.2 Å². The van der Waals surface area contributed by atoms with E-state index in [-0.39, 0.29) is 0 Å². The Balaban J connectivity index is 1.67. The number of aromatic nitrogens is 5. The Morgan fingerprint density at radius 3 is 2.88 bits per heavy atom. The van der Waals surface area contributed by atoms with Gasteiger partial charge in [0.25, 0.3) is 0 Å². The van der Waals surface area contributed by atoms with Crippen molar-refractivity contribution in [1.29, 1.82) is 0 Å². The molecule has 3 aromatic rings. The summed E-state index contributed by atoms with van der Waals surface area (Å²) in [5.74, 6) is 2.29. The number of hydrogen-bond donors (Lipinski definition) is 2. The Morgan fingerprint density at radius 1 is 1.28 bits per heavy atom. The molecule has 1 aliphatic rings. The lowest BCUT2D eigenvalue weighted by Crippen LogP contribution is -2.16. The molecule has 2 N–H and O–H groups in total. The molecule has 0 spiro atoms. The maximum Gasteiger partial charge on any atom is 0.201 e. The third-order valence-corrected chi connectivity index (χ3v) is 4.53. The van der Waals surface area contributed by atoms with Gasteiger partial charge in [-0.2, -0.15) is 4.52 Å². The zero-order chi connectivity index (χ0) is 17.2. The van der Waals surface area contributed by atoms with Gasteiger partial charge in [-0.05, 0) is 38.3 Å². The summed E-state index contributed by atoms with van der Waals surface area (Å²) in [5, 5.41) is 20.4. The van der Waals surface area contributed by atoms with Crippen LogP contribution in [0.5, 0.6) is 0 Å². The minimum Gasteiger partial charge on any atom is -0.376 e. The van der Waals surface area contributed by atoms with Gasteiger partial charge >= 0.3 is 0 Å². The second-order valence-electron chi connectivity index (χ2n) is 6.64. The van der Waals surface area contributed by atoms with E-state index >= 15 is 0 Å². The van der Waals surface area contributed by atoms with Gasteiger partial charge in [-0.1, -0.05) is 13.0 Å². The van der Waals surface area contributed by atoms with E-state index in [4.69, 9.17) is 5.10 Å². The van der Waals surface area contributed by atoms with Crippen LogP contribution in [0.25, 0.3) is 5.65 Å².